The maximum absolute atomic E-state index is 11.8. The Morgan fingerprint density at radius 2 is 2.18 bits per heavy atom. The Morgan fingerprint density at radius 1 is 1.45 bits per heavy atom. The molecule has 124 valence electrons. The molecule has 0 bridgehead atoms. The van der Waals surface area contributed by atoms with E-state index in [1.807, 2.05) is 0 Å². The molecule has 22 heavy (non-hydrogen) atoms. The zero-order chi connectivity index (χ0) is 16.4. The third kappa shape index (κ3) is 6.99. The molecule has 1 aliphatic rings. The normalized spacial score (nSPS) is 16.2. The highest BCUT2D eigenvalue weighted by Gasteiger charge is 2.15. The molecular formula is C12H23N7O3. The zero-order valence-electron chi connectivity index (χ0n) is 12.7. The molecule has 0 radical (unpaired) electrons. The average molecular weight is 313 g/mol. The first-order valence-electron chi connectivity index (χ1n) is 6.97. The molecule has 10 nitrogen and oxygen atoms in total. The molecule has 1 saturated heterocycles. The summed E-state index contributed by atoms with van der Waals surface area (Å²) in [6.45, 7) is 4.50. The molecule has 1 aliphatic heterocycles. The minimum Gasteiger partial charge on any atom is -0.483 e. The number of nitrogens with zero attached hydrogens (tertiary/aromatic N) is 4. The Balaban J connectivity index is 0.000000745. The number of H-pyrrole nitrogens is 1. The van der Waals surface area contributed by atoms with Gasteiger partial charge in [0.05, 0.1) is 13.1 Å². The van der Waals surface area contributed by atoms with Gasteiger partial charge in [-0.15, -0.1) is 5.10 Å². The highest BCUT2D eigenvalue weighted by molar-refractivity contribution is 5.77. The summed E-state index contributed by atoms with van der Waals surface area (Å²) < 4.78 is 0. The SMILES string of the molecule is CN1CCCN(CC(=O)NCc2nc(N)n[nH]2)CC1.O=CO. The second kappa shape index (κ2) is 9.68. The Hall–Kier alpha value is -2.20. The van der Waals surface area contributed by atoms with Crippen LogP contribution in [0, 0.1) is 0 Å². The van der Waals surface area contributed by atoms with Crippen molar-refractivity contribution < 1.29 is 14.7 Å². The minimum atomic E-state index is -0.250. The van der Waals surface area contributed by atoms with Crippen molar-refractivity contribution in [3.8, 4) is 0 Å². The molecule has 1 aromatic rings. The van der Waals surface area contributed by atoms with Gasteiger partial charge in [0.15, 0.2) is 0 Å². The molecule has 2 heterocycles. The van der Waals surface area contributed by atoms with Crippen LogP contribution < -0.4 is 11.1 Å². The summed E-state index contributed by atoms with van der Waals surface area (Å²) in [6.07, 6.45) is 1.10. The van der Waals surface area contributed by atoms with E-state index in [-0.39, 0.29) is 18.3 Å². The summed E-state index contributed by atoms with van der Waals surface area (Å²) in [6, 6.07) is 0. The third-order valence-electron chi connectivity index (χ3n) is 3.18. The predicted molar refractivity (Wildman–Crippen MR) is 79.9 cm³/mol. The lowest BCUT2D eigenvalue weighted by Gasteiger charge is -2.19. The van der Waals surface area contributed by atoms with Crippen LogP contribution in [-0.2, 0) is 16.1 Å². The smallest absolute Gasteiger partial charge is 0.290 e. The van der Waals surface area contributed by atoms with Crippen molar-refractivity contribution in [2.24, 2.45) is 0 Å². The highest BCUT2D eigenvalue weighted by atomic mass is 16.3. The van der Waals surface area contributed by atoms with Crippen LogP contribution in [0.25, 0.3) is 0 Å². The van der Waals surface area contributed by atoms with Gasteiger partial charge in [0.2, 0.25) is 11.9 Å². The monoisotopic (exact) mass is 313 g/mol. The van der Waals surface area contributed by atoms with Crippen LogP contribution in [0.15, 0.2) is 0 Å². The molecule has 0 atom stereocenters. The van der Waals surface area contributed by atoms with E-state index in [0.29, 0.717) is 18.9 Å². The van der Waals surface area contributed by atoms with Crippen molar-refractivity contribution in [2.75, 3.05) is 45.5 Å². The number of aromatic amines is 1. The summed E-state index contributed by atoms with van der Waals surface area (Å²) in [5, 5.41) is 16.1. The van der Waals surface area contributed by atoms with Crippen molar-refractivity contribution >= 4 is 18.3 Å². The maximum Gasteiger partial charge on any atom is 0.290 e. The summed E-state index contributed by atoms with van der Waals surface area (Å²) in [5.41, 5.74) is 5.39. The van der Waals surface area contributed by atoms with Crippen LogP contribution in [0.3, 0.4) is 0 Å². The molecule has 1 aromatic heterocycles. The predicted octanol–water partition coefficient (Wildman–Crippen LogP) is -1.66. The number of nitrogen functional groups attached to an aromatic ring is 1. The number of hydrogen-bond donors (Lipinski definition) is 4. The maximum atomic E-state index is 11.8. The number of rotatable bonds is 4. The highest BCUT2D eigenvalue weighted by Crippen LogP contribution is 2.00. The number of anilines is 1. The molecule has 0 unspecified atom stereocenters. The molecule has 5 N–H and O–H groups in total. The van der Waals surface area contributed by atoms with Crippen molar-refractivity contribution in [3.05, 3.63) is 5.82 Å². The Morgan fingerprint density at radius 3 is 2.82 bits per heavy atom. The fourth-order valence-electron chi connectivity index (χ4n) is 2.09. The van der Waals surface area contributed by atoms with Crippen molar-refractivity contribution in [2.45, 2.75) is 13.0 Å². The lowest BCUT2D eigenvalue weighted by Crippen LogP contribution is -2.38. The number of carbonyl (C=O) groups is 2. The first-order valence-corrected chi connectivity index (χ1v) is 6.97. The van der Waals surface area contributed by atoms with Crippen LogP contribution >= 0.6 is 0 Å². The fourth-order valence-corrected chi connectivity index (χ4v) is 2.09. The fraction of sp³-hybridized carbons (Fsp3) is 0.667. The van der Waals surface area contributed by atoms with Gasteiger partial charge in [0.25, 0.3) is 6.47 Å². The van der Waals surface area contributed by atoms with Gasteiger partial charge in [0, 0.05) is 13.1 Å². The largest absolute Gasteiger partial charge is 0.483 e. The van der Waals surface area contributed by atoms with Crippen LogP contribution in [0.4, 0.5) is 5.95 Å². The number of aromatic nitrogens is 3. The van der Waals surface area contributed by atoms with Gasteiger partial charge in [-0.3, -0.25) is 19.6 Å². The molecule has 10 heteroatoms. The quantitative estimate of drug-likeness (QED) is 0.484. The van der Waals surface area contributed by atoms with E-state index in [0.717, 1.165) is 32.6 Å². The molecule has 2 rings (SSSR count). The molecule has 1 amide bonds. The third-order valence-corrected chi connectivity index (χ3v) is 3.18. The van der Waals surface area contributed by atoms with E-state index in [1.165, 1.54) is 0 Å². The number of amides is 1. The Labute approximate surface area is 128 Å². The van der Waals surface area contributed by atoms with Crippen LogP contribution in [0.5, 0.6) is 0 Å². The summed E-state index contributed by atoms with van der Waals surface area (Å²) >= 11 is 0. The van der Waals surface area contributed by atoms with E-state index in [1.54, 1.807) is 0 Å². The van der Waals surface area contributed by atoms with E-state index in [2.05, 4.69) is 37.3 Å². The number of nitrogens with two attached hydrogens (primary N) is 1. The van der Waals surface area contributed by atoms with E-state index >= 15 is 0 Å². The van der Waals surface area contributed by atoms with Gasteiger partial charge < -0.3 is 21.1 Å². The Bertz CT molecular complexity index is 465. The minimum absolute atomic E-state index is 0.000440. The molecule has 0 spiro atoms. The number of carbonyl (C=O) groups excluding carboxylic acids is 1. The van der Waals surface area contributed by atoms with Gasteiger partial charge in [0.1, 0.15) is 5.82 Å². The first kappa shape index (κ1) is 17.9. The van der Waals surface area contributed by atoms with Crippen LogP contribution in [0.2, 0.25) is 0 Å². The van der Waals surface area contributed by atoms with Crippen molar-refractivity contribution in [1.82, 2.24) is 30.3 Å². The molecular weight excluding hydrogens is 290 g/mol. The molecule has 1 fully saturated rings. The number of nitrogens with one attached hydrogen (secondary N) is 2. The van der Waals surface area contributed by atoms with Crippen LogP contribution in [0.1, 0.15) is 12.2 Å². The molecule has 0 saturated carbocycles. The second-order valence-corrected chi connectivity index (χ2v) is 4.96. The standard InChI is InChI=1S/C11H21N7O.CH2O2/c1-17-3-2-4-18(6-5-17)8-10(19)13-7-9-14-11(12)16-15-9;2-1-3/h2-8H2,1H3,(H,13,19)(H3,12,14,15,16);1H,(H,2,3). The summed E-state index contributed by atoms with van der Waals surface area (Å²) in [4.78, 5) is 28.6. The second-order valence-electron chi connectivity index (χ2n) is 4.96. The summed E-state index contributed by atoms with van der Waals surface area (Å²) in [7, 11) is 2.11. The first-order chi connectivity index (χ1) is 10.5. The van der Waals surface area contributed by atoms with Crippen molar-refractivity contribution in [3.63, 3.8) is 0 Å². The van der Waals surface area contributed by atoms with Gasteiger partial charge in [-0.25, -0.2) is 0 Å². The molecule has 0 aliphatic carbocycles. The topological polar surface area (TPSA) is 140 Å². The molecule has 0 aromatic carbocycles. The van der Waals surface area contributed by atoms with Crippen molar-refractivity contribution in [1.29, 1.82) is 0 Å². The zero-order valence-corrected chi connectivity index (χ0v) is 12.7. The summed E-state index contributed by atoms with van der Waals surface area (Å²) in [5.74, 6) is 0.765. The van der Waals surface area contributed by atoms with E-state index in [9.17, 15) is 4.79 Å². The number of carboxylic acid groups (broad SMARTS) is 1. The average Bonchev–Trinajstić information content (AvgIpc) is 2.78. The van der Waals surface area contributed by atoms with Gasteiger partial charge in [-0.05, 0) is 26.6 Å². The lowest BCUT2D eigenvalue weighted by atomic mass is 10.4. The Kier molecular flexibility index (Phi) is 7.86. The lowest BCUT2D eigenvalue weighted by molar-refractivity contribution is -0.123. The van der Waals surface area contributed by atoms with Gasteiger partial charge in [-0.1, -0.05) is 0 Å². The van der Waals surface area contributed by atoms with Gasteiger partial charge >= 0.3 is 0 Å². The van der Waals surface area contributed by atoms with E-state index < -0.39 is 0 Å². The van der Waals surface area contributed by atoms with E-state index in [4.69, 9.17) is 15.6 Å². The van der Waals surface area contributed by atoms with Gasteiger partial charge in [-0.2, -0.15) is 4.98 Å². The van der Waals surface area contributed by atoms with Crippen LogP contribution in [-0.4, -0.2) is 82.2 Å². The number of likely N-dealkylation sites (N-methyl/N-ethyl adjacent to an activating group) is 1. The number of hydrogen-bond acceptors (Lipinski definition) is 7.